The SMILES string of the molecule is O=C(N=C1S[C@H]2CS(=O)(=O)C[C@@H]2N1Cc1ccccc1Cl)C1CC1. The molecule has 1 amide bonds. The van der Waals surface area contributed by atoms with Crippen molar-refractivity contribution in [2.24, 2.45) is 10.9 Å². The number of benzene rings is 1. The third kappa shape index (κ3) is 3.21. The van der Waals surface area contributed by atoms with Crippen LogP contribution in [0.15, 0.2) is 29.3 Å². The zero-order valence-corrected chi connectivity index (χ0v) is 15.3. The van der Waals surface area contributed by atoms with Crippen LogP contribution in [0.3, 0.4) is 0 Å². The monoisotopic (exact) mass is 384 g/mol. The molecule has 4 rings (SSSR count). The number of hydrogen-bond acceptors (Lipinski definition) is 4. The van der Waals surface area contributed by atoms with Gasteiger partial charge in [0.25, 0.3) is 5.91 Å². The molecule has 2 heterocycles. The number of nitrogens with zero attached hydrogens (tertiary/aromatic N) is 2. The molecule has 2 atom stereocenters. The van der Waals surface area contributed by atoms with Crippen LogP contribution in [0.1, 0.15) is 18.4 Å². The first-order chi connectivity index (χ1) is 11.4. The predicted molar refractivity (Wildman–Crippen MR) is 96.0 cm³/mol. The first-order valence-corrected chi connectivity index (χ1v) is 11.0. The lowest BCUT2D eigenvalue weighted by atomic mass is 10.1. The zero-order chi connectivity index (χ0) is 16.9. The van der Waals surface area contributed by atoms with E-state index in [0.29, 0.717) is 16.7 Å². The normalized spacial score (nSPS) is 29.9. The molecule has 1 aromatic carbocycles. The number of fused-ring (bicyclic) bond motifs is 1. The number of carbonyl (C=O) groups is 1. The highest BCUT2D eigenvalue weighted by Crippen LogP contribution is 2.40. The summed E-state index contributed by atoms with van der Waals surface area (Å²) in [5.41, 5.74) is 0.913. The summed E-state index contributed by atoms with van der Waals surface area (Å²) < 4.78 is 24.0. The van der Waals surface area contributed by atoms with E-state index in [2.05, 4.69) is 4.99 Å². The van der Waals surface area contributed by atoms with Gasteiger partial charge in [0.05, 0.1) is 17.5 Å². The molecule has 0 N–H and O–H groups in total. The molecule has 0 aromatic heterocycles. The van der Waals surface area contributed by atoms with Crippen molar-refractivity contribution < 1.29 is 13.2 Å². The van der Waals surface area contributed by atoms with Crippen LogP contribution in [0.4, 0.5) is 0 Å². The summed E-state index contributed by atoms with van der Waals surface area (Å²) in [5, 5.41) is 1.24. The molecular formula is C16H17ClN2O3S2. The molecule has 1 aliphatic carbocycles. The summed E-state index contributed by atoms with van der Waals surface area (Å²) in [6.07, 6.45) is 1.82. The largest absolute Gasteiger partial charge is 0.342 e. The number of sulfone groups is 1. The molecule has 1 saturated carbocycles. The van der Waals surface area contributed by atoms with Crippen molar-refractivity contribution in [2.75, 3.05) is 11.5 Å². The Morgan fingerprint density at radius 2 is 2.04 bits per heavy atom. The van der Waals surface area contributed by atoms with Crippen molar-refractivity contribution in [2.45, 2.75) is 30.7 Å². The van der Waals surface area contributed by atoms with Crippen LogP contribution in [-0.4, -0.2) is 47.2 Å². The standard InChI is InChI=1S/C16H17ClN2O3S2/c17-12-4-2-1-3-11(12)7-19-13-8-24(21,22)9-14(13)23-16(19)18-15(20)10-5-6-10/h1-4,10,13-14H,5-9H2/t13-,14-/m0/s1. The number of amidine groups is 1. The molecule has 0 unspecified atom stereocenters. The second-order valence-corrected chi connectivity index (χ2v) is 10.3. The van der Waals surface area contributed by atoms with E-state index < -0.39 is 9.84 Å². The van der Waals surface area contributed by atoms with Crippen LogP contribution in [0.2, 0.25) is 5.02 Å². The Balaban J connectivity index is 1.64. The third-order valence-corrected chi connectivity index (χ3v) is 8.22. The summed E-state index contributed by atoms with van der Waals surface area (Å²) in [6.45, 7) is 0.472. The fraction of sp³-hybridized carbons (Fsp3) is 0.500. The van der Waals surface area contributed by atoms with Gasteiger partial charge in [0.2, 0.25) is 0 Å². The Morgan fingerprint density at radius 1 is 1.29 bits per heavy atom. The van der Waals surface area contributed by atoms with E-state index in [1.165, 1.54) is 11.8 Å². The van der Waals surface area contributed by atoms with Crippen LogP contribution >= 0.6 is 23.4 Å². The number of amides is 1. The predicted octanol–water partition coefficient (Wildman–Crippen LogP) is 2.35. The highest BCUT2D eigenvalue weighted by Gasteiger charge is 2.49. The van der Waals surface area contributed by atoms with Gasteiger partial charge in [-0.25, -0.2) is 8.42 Å². The second-order valence-electron chi connectivity index (χ2n) is 6.53. The van der Waals surface area contributed by atoms with E-state index in [0.717, 1.165) is 18.4 Å². The lowest BCUT2D eigenvalue weighted by Gasteiger charge is -2.24. The summed E-state index contributed by atoms with van der Waals surface area (Å²) in [5.74, 6) is 0.248. The van der Waals surface area contributed by atoms with Crippen LogP contribution < -0.4 is 0 Å². The molecule has 8 heteroatoms. The van der Waals surface area contributed by atoms with Gasteiger partial charge < -0.3 is 4.90 Å². The molecule has 3 aliphatic rings. The topological polar surface area (TPSA) is 66.8 Å². The average molecular weight is 385 g/mol. The quantitative estimate of drug-likeness (QED) is 0.800. The Morgan fingerprint density at radius 3 is 2.75 bits per heavy atom. The maximum absolute atomic E-state index is 12.1. The minimum atomic E-state index is -3.03. The fourth-order valence-electron chi connectivity index (χ4n) is 3.15. The molecule has 128 valence electrons. The Labute approximate surface area is 150 Å². The van der Waals surface area contributed by atoms with Crippen molar-refractivity contribution in [3.05, 3.63) is 34.9 Å². The van der Waals surface area contributed by atoms with Crippen molar-refractivity contribution >= 4 is 44.3 Å². The number of aliphatic imine (C=N–C) groups is 1. The molecule has 0 spiro atoms. The highest BCUT2D eigenvalue weighted by molar-refractivity contribution is 8.15. The van der Waals surface area contributed by atoms with Crippen LogP contribution in [0.5, 0.6) is 0 Å². The third-order valence-electron chi connectivity index (χ3n) is 4.61. The van der Waals surface area contributed by atoms with Crippen molar-refractivity contribution in [1.29, 1.82) is 0 Å². The van der Waals surface area contributed by atoms with Crippen LogP contribution in [0.25, 0.3) is 0 Å². The van der Waals surface area contributed by atoms with Gasteiger partial charge in [-0.15, -0.1) is 0 Å². The van der Waals surface area contributed by atoms with Gasteiger partial charge in [0.15, 0.2) is 15.0 Å². The molecule has 3 fully saturated rings. The second kappa shape index (κ2) is 6.04. The van der Waals surface area contributed by atoms with E-state index in [1.54, 1.807) is 0 Å². The average Bonchev–Trinajstić information content (AvgIpc) is 3.26. The molecule has 1 aromatic rings. The summed E-state index contributed by atoms with van der Waals surface area (Å²) >= 11 is 7.68. The molecule has 2 saturated heterocycles. The zero-order valence-electron chi connectivity index (χ0n) is 12.9. The molecule has 0 radical (unpaired) electrons. The van der Waals surface area contributed by atoms with E-state index in [1.807, 2.05) is 29.2 Å². The summed E-state index contributed by atoms with van der Waals surface area (Å²) in [7, 11) is -3.03. The van der Waals surface area contributed by atoms with E-state index >= 15 is 0 Å². The minimum absolute atomic E-state index is 0.0526. The van der Waals surface area contributed by atoms with Gasteiger partial charge in [-0.05, 0) is 24.5 Å². The van der Waals surface area contributed by atoms with E-state index in [9.17, 15) is 13.2 Å². The van der Waals surface area contributed by atoms with Crippen LogP contribution in [0, 0.1) is 5.92 Å². The lowest BCUT2D eigenvalue weighted by Crippen LogP contribution is -2.37. The molecule has 2 aliphatic heterocycles. The van der Waals surface area contributed by atoms with E-state index in [4.69, 9.17) is 11.6 Å². The van der Waals surface area contributed by atoms with Crippen LogP contribution in [-0.2, 0) is 21.2 Å². The van der Waals surface area contributed by atoms with Gasteiger partial charge >= 0.3 is 0 Å². The van der Waals surface area contributed by atoms with Crippen molar-refractivity contribution in [3.63, 3.8) is 0 Å². The summed E-state index contributed by atoms with van der Waals surface area (Å²) in [4.78, 5) is 18.4. The van der Waals surface area contributed by atoms with Gasteiger partial charge in [-0.1, -0.05) is 41.6 Å². The maximum atomic E-state index is 12.1. The smallest absolute Gasteiger partial charge is 0.251 e. The molecule has 0 bridgehead atoms. The first-order valence-electron chi connectivity index (χ1n) is 7.92. The number of thioether (sulfide) groups is 1. The van der Waals surface area contributed by atoms with Gasteiger partial charge in [0.1, 0.15) is 0 Å². The van der Waals surface area contributed by atoms with Crippen molar-refractivity contribution in [3.8, 4) is 0 Å². The fourth-order valence-corrected chi connectivity index (χ4v) is 7.30. The number of hydrogen-bond donors (Lipinski definition) is 0. The van der Waals surface area contributed by atoms with Gasteiger partial charge in [-0.2, -0.15) is 4.99 Å². The number of carbonyl (C=O) groups excluding carboxylic acids is 1. The van der Waals surface area contributed by atoms with Gasteiger partial charge in [-0.3, -0.25) is 4.79 Å². The maximum Gasteiger partial charge on any atom is 0.251 e. The molecular weight excluding hydrogens is 368 g/mol. The molecule has 5 nitrogen and oxygen atoms in total. The number of rotatable bonds is 3. The molecule has 24 heavy (non-hydrogen) atoms. The Hall–Kier alpha value is -1.05. The summed E-state index contributed by atoms with van der Waals surface area (Å²) in [6, 6.07) is 7.36. The van der Waals surface area contributed by atoms with Crippen molar-refractivity contribution in [1.82, 2.24) is 4.90 Å². The Kier molecular flexibility index (Phi) is 4.13. The lowest BCUT2D eigenvalue weighted by molar-refractivity contribution is -0.118. The van der Waals surface area contributed by atoms with Gasteiger partial charge in [0, 0.05) is 22.7 Å². The number of halogens is 1. The minimum Gasteiger partial charge on any atom is -0.342 e. The van der Waals surface area contributed by atoms with E-state index in [-0.39, 0.29) is 34.6 Å². The first kappa shape index (κ1) is 16.4. The Bertz CT molecular complexity index is 820. The highest BCUT2D eigenvalue weighted by atomic mass is 35.5.